The van der Waals surface area contributed by atoms with Crippen molar-refractivity contribution in [3.05, 3.63) is 119 Å². The van der Waals surface area contributed by atoms with Crippen molar-refractivity contribution in [2.24, 2.45) is 10.7 Å². The van der Waals surface area contributed by atoms with Crippen LogP contribution in [0.25, 0.3) is 16.8 Å². The number of anilines is 2. The van der Waals surface area contributed by atoms with Gasteiger partial charge in [-0.2, -0.15) is 12.6 Å². The minimum absolute atomic E-state index is 0.111. The van der Waals surface area contributed by atoms with Crippen molar-refractivity contribution in [1.82, 2.24) is 25.1 Å². The Balaban J connectivity index is 1.58. The molecular weight excluding hydrogens is 608 g/mol. The number of hydrogen-bond donors (Lipinski definition) is 2. The highest BCUT2D eigenvalue weighted by molar-refractivity contribution is 7.80. The third kappa shape index (κ3) is 5.73. The number of benzene rings is 4. The van der Waals surface area contributed by atoms with E-state index in [0.29, 0.717) is 27.7 Å². The van der Waals surface area contributed by atoms with Gasteiger partial charge in [0, 0.05) is 34.5 Å². The van der Waals surface area contributed by atoms with Crippen LogP contribution >= 0.6 is 24.2 Å². The SMILES string of the molecule is Cc1ccc(-c2ccccc2-n2ncnn2)cc1N1C(=O)C(N(C)C(=O)C(N)CS)N=C(c2ccccc2)c2cc(Cl)ccc21. The molecule has 2 atom stereocenters. The van der Waals surface area contributed by atoms with Crippen molar-refractivity contribution in [3.8, 4) is 16.8 Å². The lowest BCUT2D eigenvalue weighted by molar-refractivity contribution is -0.137. The second-order valence-corrected chi connectivity index (χ2v) is 11.3. The smallest absolute Gasteiger partial charge is 0.277 e. The highest BCUT2D eigenvalue weighted by Crippen LogP contribution is 2.40. The molecule has 226 valence electrons. The first-order valence-corrected chi connectivity index (χ1v) is 15.1. The number of nitrogens with zero attached hydrogens (tertiary/aromatic N) is 7. The van der Waals surface area contributed by atoms with Gasteiger partial charge in [0.25, 0.3) is 5.91 Å². The number of halogens is 1. The first-order chi connectivity index (χ1) is 21.8. The number of hydrogen-bond acceptors (Lipinski definition) is 8. The Morgan fingerprint density at radius 2 is 1.71 bits per heavy atom. The molecule has 0 saturated heterocycles. The molecule has 6 rings (SSSR count). The molecule has 10 nitrogen and oxygen atoms in total. The number of aliphatic imine (C=N–C) groups is 1. The van der Waals surface area contributed by atoms with Crippen LogP contribution in [0.2, 0.25) is 5.02 Å². The highest BCUT2D eigenvalue weighted by atomic mass is 35.5. The first kappa shape index (κ1) is 30.2. The van der Waals surface area contributed by atoms with Gasteiger partial charge in [-0.3, -0.25) is 14.5 Å². The van der Waals surface area contributed by atoms with Crippen molar-refractivity contribution in [2.75, 3.05) is 17.7 Å². The van der Waals surface area contributed by atoms with E-state index >= 15 is 0 Å². The molecular formula is C33H29ClN8O2S. The van der Waals surface area contributed by atoms with Crippen molar-refractivity contribution >= 4 is 53.1 Å². The Morgan fingerprint density at radius 1 is 0.956 bits per heavy atom. The summed E-state index contributed by atoms with van der Waals surface area (Å²) in [5.74, 6) is -0.776. The summed E-state index contributed by atoms with van der Waals surface area (Å²) < 4.78 is 0. The number of thiol groups is 1. The maximum absolute atomic E-state index is 14.8. The molecule has 0 aliphatic carbocycles. The second-order valence-electron chi connectivity index (χ2n) is 10.5. The summed E-state index contributed by atoms with van der Waals surface area (Å²) in [7, 11) is 1.53. The molecule has 0 spiro atoms. The van der Waals surface area contributed by atoms with E-state index in [1.54, 1.807) is 23.1 Å². The standard InChI is InChI=1S/C33H29ClN8O2S/c1-20-12-13-22(24-10-6-7-11-28(24)42-37-19-36-39-42)16-29(20)41-27-15-14-23(34)17-25(27)30(21-8-4-3-5-9-21)38-31(33(41)44)40(2)32(43)26(35)18-45/h3-17,19,26,31,45H,18,35H2,1-2H3. The van der Waals surface area contributed by atoms with Gasteiger partial charge in [0.1, 0.15) is 0 Å². The molecule has 1 aliphatic rings. The minimum atomic E-state index is -1.24. The van der Waals surface area contributed by atoms with Gasteiger partial charge in [-0.25, -0.2) is 4.99 Å². The van der Waals surface area contributed by atoms with Crippen LogP contribution in [-0.4, -0.2) is 67.6 Å². The maximum Gasteiger partial charge on any atom is 0.277 e. The Hall–Kier alpha value is -4.84. The van der Waals surface area contributed by atoms with Crippen LogP contribution in [0.4, 0.5) is 11.4 Å². The molecule has 0 fully saturated rings. The number of carbonyl (C=O) groups is 2. The normalized spacial score (nSPS) is 15.2. The minimum Gasteiger partial charge on any atom is -0.319 e. The molecule has 1 aliphatic heterocycles. The fourth-order valence-electron chi connectivity index (χ4n) is 5.35. The number of benzodiazepines with no additional fused rings is 1. The van der Waals surface area contributed by atoms with Crippen LogP contribution in [0.1, 0.15) is 16.7 Å². The highest BCUT2D eigenvalue weighted by Gasteiger charge is 2.38. The van der Waals surface area contributed by atoms with Gasteiger partial charge in [0.15, 0.2) is 6.33 Å². The van der Waals surface area contributed by atoms with Gasteiger partial charge in [-0.15, -0.1) is 15.0 Å². The molecule has 1 aromatic heterocycles. The van der Waals surface area contributed by atoms with Crippen LogP contribution in [-0.2, 0) is 9.59 Å². The summed E-state index contributed by atoms with van der Waals surface area (Å²) >= 11 is 10.8. The number of likely N-dealkylation sites (N-methyl/N-ethyl adjacent to an activating group) is 1. The number of carbonyl (C=O) groups excluding carboxylic acids is 2. The van der Waals surface area contributed by atoms with E-state index < -0.39 is 24.0 Å². The van der Waals surface area contributed by atoms with Crippen LogP contribution in [0.15, 0.2) is 102 Å². The third-order valence-corrected chi connectivity index (χ3v) is 8.28. The number of rotatable bonds is 7. The lowest BCUT2D eigenvalue weighted by atomic mass is 9.98. The van der Waals surface area contributed by atoms with E-state index in [2.05, 4.69) is 28.0 Å². The molecule has 4 aromatic carbocycles. The number of aromatic nitrogens is 4. The fraction of sp³-hybridized carbons (Fsp3) is 0.152. The van der Waals surface area contributed by atoms with Gasteiger partial charge in [0.05, 0.1) is 28.8 Å². The Bertz CT molecular complexity index is 1920. The zero-order valence-corrected chi connectivity index (χ0v) is 26.1. The van der Waals surface area contributed by atoms with E-state index in [1.165, 1.54) is 23.1 Å². The van der Waals surface area contributed by atoms with Crippen LogP contribution in [0, 0.1) is 6.92 Å². The Morgan fingerprint density at radius 3 is 2.44 bits per heavy atom. The summed E-state index contributed by atoms with van der Waals surface area (Å²) in [4.78, 5) is 37.4. The van der Waals surface area contributed by atoms with Crippen LogP contribution < -0.4 is 10.6 Å². The largest absolute Gasteiger partial charge is 0.319 e. The topological polar surface area (TPSA) is 123 Å². The number of amides is 2. The first-order valence-electron chi connectivity index (χ1n) is 14.1. The summed E-state index contributed by atoms with van der Waals surface area (Å²) in [6.07, 6.45) is 0.136. The average molecular weight is 637 g/mol. The van der Waals surface area contributed by atoms with E-state index in [1.807, 2.05) is 79.7 Å². The predicted octanol–water partition coefficient (Wildman–Crippen LogP) is 4.85. The number of fused-ring (bicyclic) bond motifs is 1. The van der Waals surface area contributed by atoms with Crippen LogP contribution in [0.3, 0.4) is 0 Å². The fourth-order valence-corrected chi connectivity index (χ4v) is 5.68. The lowest BCUT2D eigenvalue weighted by Crippen LogP contribution is -2.52. The van der Waals surface area contributed by atoms with Crippen molar-refractivity contribution in [3.63, 3.8) is 0 Å². The number of para-hydroxylation sites is 1. The predicted molar refractivity (Wildman–Crippen MR) is 178 cm³/mol. The van der Waals surface area contributed by atoms with E-state index in [4.69, 9.17) is 22.3 Å². The monoisotopic (exact) mass is 636 g/mol. The third-order valence-electron chi connectivity index (χ3n) is 7.65. The van der Waals surface area contributed by atoms with Crippen LogP contribution in [0.5, 0.6) is 0 Å². The molecule has 2 heterocycles. The summed E-state index contributed by atoms with van der Waals surface area (Å²) in [5.41, 5.74) is 12.4. The maximum atomic E-state index is 14.8. The molecule has 0 bridgehead atoms. The van der Waals surface area contributed by atoms with Gasteiger partial charge in [0.2, 0.25) is 12.1 Å². The lowest BCUT2D eigenvalue weighted by Gasteiger charge is -2.31. The van der Waals surface area contributed by atoms with E-state index in [9.17, 15) is 9.59 Å². The molecule has 12 heteroatoms. The van der Waals surface area contributed by atoms with Gasteiger partial charge >= 0.3 is 0 Å². The molecule has 5 aromatic rings. The van der Waals surface area contributed by atoms with Crippen molar-refractivity contribution in [1.29, 1.82) is 0 Å². The Labute approximate surface area is 270 Å². The average Bonchev–Trinajstić information content (AvgIpc) is 3.57. The van der Waals surface area contributed by atoms with Gasteiger partial charge in [-0.1, -0.05) is 72.3 Å². The molecule has 45 heavy (non-hydrogen) atoms. The molecule has 2 unspecified atom stereocenters. The number of aryl methyl sites for hydroxylation is 1. The number of tetrazole rings is 1. The van der Waals surface area contributed by atoms with Crippen molar-refractivity contribution < 1.29 is 9.59 Å². The molecule has 0 saturated carbocycles. The van der Waals surface area contributed by atoms with E-state index in [0.717, 1.165) is 27.9 Å². The van der Waals surface area contributed by atoms with Gasteiger partial charge in [-0.05, 0) is 53.6 Å². The summed E-state index contributed by atoms with van der Waals surface area (Å²) in [6.45, 7) is 1.93. The molecule has 2 amide bonds. The van der Waals surface area contributed by atoms with Gasteiger partial charge < -0.3 is 10.6 Å². The molecule has 0 radical (unpaired) electrons. The quantitative estimate of drug-likeness (QED) is 0.246. The van der Waals surface area contributed by atoms with Crippen molar-refractivity contribution in [2.45, 2.75) is 19.1 Å². The summed E-state index contributed by atoms with van der Waals surface area (Å²) in [6, 6.07) is 27.4. The zero-order valence-electron chi connectivity index (χ0n) is 24.4. The Kier molecular flexibility index (Phi) is 8.48. The summed E-state index contributed by atoms with van der Waals surface area (Å²) in [5, 5.41) is 12.6. The molecule has 2 N–H and O–H groups in total. The second kappa shape index (κ2) is 12.6. The number of nitrogens with two attached hydrogens (primary N) is 1. The van der Waals surface area contributed by atoms with E-state index in [-0.39, 0.29) is 5.75 Å². The zero-order chi connectivity index (χ0) is 31.7.